The molecule has 0 aliphatic carbocycles. The van der Waals surface area contributed by atoms with Gasteiger partial charge in [0.15, 0.2) is 10.8 Å². The number of nitrogens with zero attached hydrogens (tertiary/aromatic N) is 6. The normalized spacial score (nSPS) is 11.2. The number of rotatable bonds is 4. The Labute approximate surface area is 152 Å². The van der Waals surface area contributed by atoms with Gasteiger partial charge in [0.05, 0.1) is 11.9 Å². The van der Waals surface area contributed by atoms with Crippen LogP contribution in [0.5, 0.6) is 0 Å². The fourth-order valence-electron chi connectivity index (χ4n) is 2.52. The number of aryl methyl sites for hydroxylation is 3. The average molecular weight is 370 g/mol. The molecule has 0 spiro atoms. The zero-order valence-electron chi connectivity index (χ0n) is 14.4. The smallest absolute Gasteiger partial charge is 0.287 e. The quantitative estimate of drug-likeness (QED) is 0.542. The van der Waals surface area contributed by atoms with Gasteiger partial charge in [0.1, 0.15) is 5.69 Å². The minimum atomic E-state index is -0.385. The molecular formula is C17H15FN6OS. The van der Waals surface area contributed by atoms with Crippen LogP contribution in [-0.2, 0) is 6.54 Å². The third-order valence-corrected chi connectivity index (χ3v) is 4.80. The molecule has 4 heterocycles. The van der Waals surface area contributed by atoms with Crippen molar-refractivity contribution in [1.82, 2.24) is 29.9 Å². The first-order valence-electron chi connectivity index (χ1n) is 8.01. The van der Waals surface area contributed by atoms with E-state index in [4.69, 9.17) is 4.52 Å². The molecule has 0 aliphatic rings. The minimum Gasteiger partial charge on any atom is -0.331 e. The zero-order chi connectivity index (χ0) is 18.3. The summed E-state index contributed by atoms with van der Waals surface area (Å²) in [7, 11) is 0. The summed E-state index contributed by atoms with van der Waals surface area (Å²) in [6.07, 6.45) is 3.42. The number of aromatic nitrogens is 6. The van der Waals surface area contributed by atoms with Crippen molar-refractivity contribution in [2.45, 2.75) is 27.3 Å². The lowest BCUT2D eigenvalue weighted by atomic mass is 10.1. The lowest BCUT2D eigenvalue weighted by Gasteiger charge is -2.05. The minimum absolute atomic E-state index is 0.262. The van der Waals surface area contributed by atoms with Crippen LogP contribution in [0.1, 0.15) is 18.3 Å². The van der Waals surface area contributed by atoms with Crippen LogP contribution in [-0.4, -0.2) is 29.9 Å². The molecule has 0 aromatic carbocycles. The number of thiazole rings is 1. The summed E-state index contributed by atoms with van der Waals surface area (Å²) in [4.78, 5) is 12.9. The Morgan fingerprint density at radius 2 is 2.08 bits per heavy atom. The predicted molar refractivity (Wildman–Crippen MR) is 95.0 cm³/mol. The topological polar surface area (TPSA) is 82.5 Å². The van der Waals surface area contributed by atoms with Crippen molar-refractivity contribution < 1.29 is 8.91 Å². The second-order valence-corrected chi connectivity index (χ2v) is 6.61. The molecule has 4 rings (SSSR count). The van der Waals surface area contributed by atoms with Gasteiger partial charge in [0.2, 0.25) is 5.82 Å². The molecule has 0 atom stereocenters. The lowest BCUT2D eigenvalue weighted by Crippen LogP contribution is -1.97. The third-order valence-electron chi connectivity index (χ3n) is 3.85. The Balaban J connectivity index is 1.77. The zero-order valence-corrected chi connectivity index (χ0v) is 15.2. The van der Waals surface area contributed by atoms with Gasteiger partial charge in [-0.25, -0.2) is 14.4 Å². The van der Waals surface area contributed by atoms with Crippen molar-refractivity contribution in [3.05, 3.63) is 41.0 Å². The van der Waals surface area contributed by atoms with E-state index in [1.54, 1.807) is 30.1 Å². The maximum atomic E-state index is 14.6. The molecule has 0 N–H and O–H groups in total. The number of hydrogen-bond donors (Lipinski definition) is 0. The number of halogens is 1. The van der Waals surface area contributed by atoms with Gasteiger partial charge in [-0.05, 0) is 26.8 Å². The first-order chi connectivity index (χ1) is 12.5. The van der Waals surface area contributed by atoms with Crippen molar-refractivity contribution in [3.63, 3.8) is 0 Å². The van der Waals surface area contributed by atoms with Gasteiger partial charge in [-0.15, -0.1) is 11.3 Å². The van der Waals surface area contributed by atoms with Gasteiger partial charge in [-0.2, -0.15) is 10.1 Å². The van der Waals surface area contributed by atoms with Crippen molar-refractivity contribution in [2.24, 2.45) is 0 Å². The summed E-state index contributed by atoms with van der Waals surface area (Å²) in [6, 6.07) is 1.61. The predicted octanol–water partition coefficient (Wildman–Crippen LogP) is 3.89. The van der Waals surface area contributed by atoms with Gasteiger partial charge >= 0.3 is 0 Å². The average Bonchev–Trinajstić information content (AvgIpc) is 3.36. The van der Waals surface area contributed by atoms with Gasteiger partial charge < -0.3 is 4.52 Å². The maximum absolute atomic E-state index is 14.6. The summed E-state index contributed by atoms with van der Waals surface area (Å²) >= 11 is 1.42. The second kappa shape index (κ2) is 6.41. The van der Waals surface area contributed by atoms with Crippen LogP contribution in [0.3, 0.4) is 0 Å². The third kappa shape index (κ3) is 2.90. The van der Waals surface area contributed by atoms with Crippen LogP contribution < -0.4 is 0 Å². The van der Waals surface area contributed by atoms with E-state index in [1.165, 1.54) is 11.3 Å². The van der Waals surface area contributed by atoms with E-state index in [-0.39, 0.29) is 11.5 Å². The molecule has 0 bridgehead atoms. The number of hydrogen-bond acceptors (Lipinski definition) is 7. The fraction of sp³-hybridized carbons (Fsp3) is 0.235. The first-order valence-corrected chi connectivity index (χ1v) is 8.89. The van der Waals surface area contributed by atoms with Crippen molar-refractivity contribution in [2.75, 3.05) is 0 Å². The second-order valence-electron chi connectivity index (χ2n) is 5.76. The monoisotopic (exact) mass is 370 g/mol. The Morgan fingerprint density at radius 3 is 2.77 bits per heavy atom. The summed E-state index contributed by atoms with van der Waals surface area (Å²) in [5, 5.41) is 10.7. The molecule has 4 aromatic heterocycles. The van der Waals surface area contributed by atoms with E-state index in [0.717, 1.165) is 5.69 Å². The molecule has 0 amide bonds. The van der Waals surface area contributed by atoms with E-state index in [9.17, 15) is 4.39 Å². The Bertz CT molecular complexity index is 1080. The molecule has 9 heteroatoms. The highest BCUT2D eigenvalue weighted by atomic mass is 32.1. The highest BCUT2D eigenvalue weighted by Crippen LogP contribution is 2.29. The van der Waals surface area contributed by atoms with E-state index < -0.39 is 0 Å². The SMILES string of the molecule is CCn1cc(-c2cc(-c3noc(-c4nc(C)cs4)n3)nc(C)c2F)cn1. The standard InChI is InChI=1S/C17H15FN6OS/c1-4-24-7-11(6-19-24)12-5-13(21-10(3)14(12)18)15-22-16(25-23-15)17-20-9(2)8-26-17/h5-8H,4H2,1-3H3. The Hall–Kier alpha value is -2.94. The molecule has 0 unspecified atom stereocenters. The summed E-state index contributed by atoms with van der Waals surface area (Å²) in [5.74, 6) is 0.228. The van der Waals surface area contributed by atoms with Gasteiger partial charge in [0, 0.05) is 34.9 Å². The van der Waals surface area contributed by atoms with Crippen molar-refractivity contribution in [3.8, 4) is 33.5 Å². The molecule has 0 radical (unpaired) electrons. The molecule has 4 aromatic rings. The lowest BCUT2D eigenvalue weighted by molar-refractivity contribution is 0.432. The van der Waals surface area contributed by atoms with Gasteiger partial charge in [-0.3, -0.25) is 4.68 Å². The summed E-state index contributed by atoms with van der Waals surface area (Å²) in [5.41, 5.74) is 2.67. The molecule has 132 valence electrons. The molecule has 26 heavy (non-hydrogen) atoms. The maximum Gasteiger partial charge on any atom is 0.287 e. The van der Waals surface area contributed by atoms with Crippen LogP contribution in [0.25, 0.3) is 33.5 Å². The fourth-order valence-corrected chi connectivity index (χ4v) is 3.24. The molecule has 0 aliphatic heterocycles. The van der Waals surface area contributed by atoms with Crippen LogP contribution in [0.2, 0.25) is 0 Å². The molecule has 0 fully saturated rings. The van der Waals surface area contributed by atoms with E-state index >= 15 is 0 Å². The highest BCUT2D eigenvalue weighted by molar-refractivity contribution is 7.13. The largest absolute Gasteiger partial charge is 0.331 e. The summed E-state index contributed by atoms with van der Waals surface area (Å²) in [6.45, 7) is 6.18. The van der Waals surface area contributed by atoms with E-state index in [1.807, 2.05) is 19.2 Å². The Kier molecular flexibility index (Phi) is 4.08. The molecule has 0 saturated carbocycles. The van der Waals surface area contributed by atoms with Gasteiger partial charge in [0.25, 0.3) is 5.89 Å². The van der Waals surface area contributed by atoms with Crippen molar-refractivity contribution in [1.29, 1.82) is 0 Å². The van der Waals surface area contributed by atoms with Crippen LogP contribution in [0, 0.1) is 19.7 Å². The van der Waals surface area contributed by atoms with E-state index in [0.29, 0.717) is 40.1 Å². The molecule has 7 nitrogen and oxygen atoms in total. The summed E-state index contributed by atoms with van der Waals surface area (Å²) < 4.78 is 21.6. The Morgan fingerprint density at radius 1 is 1.23 bits per heavy atom. The first kappa shape index (κ1) is 16.5. The van der Waals surface area contributed by atoms with Crippen LogP contribution >= 0.6 is 11.3 Å². The van der Waals surface area contributed by atoms with Gasteiger partial charge in [-0.1, -0.05) is 5.16 Å². The number of pyridine rings is 1. The van der Waals surface area contributed by atoms with Crippen LogP contribution in [0.4, 0.5) is 4.39 Å². The van der Waals surface area contributed by atoms with Crippen molar-refractivity contribution >= 4 is 11.3 Å². The van der Waals surface area contributed by atoms with E-state index in [2.05, 4.69) is 25.2 Å². The highest BCUT2D eigenvalue weighted by Gasteiger charge is 2.19. The molecule has 0 saturated heterocycles. The molecular weight excluding hydrogens is 355 g/mol. The van der Waals surface area contributed by atoms with Crippen LogP contribution in [0.15, 0.2) is 28.4 Å².